The monoisotopic (exact) mass is 260 g/mol. The minimum atomic E-state index is 0.245. The first-order valence-electron chi connectivity index (χ1n) is 6.32. The van der Waals surface area contributed by atoms with Crippen LogP contribution in [-0.4, -0.2) is 18.4 Å². The Balaban J connectivity index is 2.07. The van der Waals surface area contributed by atoms with E-state index in [0.29, 0.717) is 19.1 Å². The van der Waals surface area contributed by atoms with Gasteiger partial charge < -0.3 is 19.7 Å². The van der Waals surface area contributed by atoms with E-state index >= 15 is 0 Å². The molecule has 0 aliphatic carbocycles. The van der Waals surface area contributed by atoms with E-state index in [9.17, 15) is 0 Å². The van der Waals surface area contributed by atoms with Crippen molar-refractivity contribution in [3.05, 3.63) is 23.8 Å². The number of nitrogens with two attached hydrogens (primary N) is 1. The van der Waals surface area contributed by atoms with E-state index in [-0.39, 0.29) is 5.92 Å². The van der Waals surface area contributed by atoms with E-state index in [2.05, 4.69) is 19.0 Å². The fourth-order valence-electron chi connectivity index (χ4n) is 2.27. The van der Waals surface area contributed by atoms with Crippen molar-refractivity contribution in [2.45, 2.75) is 19.8 Å². The Kier molecular flexibility index (Phi) is 2.81. The van der Waals surface area contributed by atoms with Crippen molar-refractivity contribution in [1.82, 2.24) is 5.16 Å². The molecule has 0 bridgehead atoms. The van der Waals surface area contributed by atoms with Crippen molar-refractivity contribution < 1.29 is 14.0 Å². The summed E-state index contributed by atoms with van der Waals surface area (Å²) in [7, 11) is 0. The van der Waals surface area contributed by atoms with Gasteiger partial charge in [0.25, 0.3) is 0 Å². The molecule has 2 heterocycles. The molecule has 0 atom stereocenters. The predicted molar refractivity (Wildman–Crippen MR) is 71.4 cm³/mol. The van der Waals surface area contributed by atoms with Gasteiger partial charge in [-0.3, -0.25) is 0 Å². The topological polar surface area (TPSA) is 70.5 Å². The lowest BCUT2D eigenvalue weighted by atomic mass is 9.98. The standard InChI is InChI=1S/C14H16N2O3/c1-8(2)12-13(16-19-14(12)15)9-3-4-10-11(7-9)18-6-5-17-10/h3-4,7-8H,5-6,15H2,1-2H3. The lowest BCUT2D eigenvalue weighted by Crippen LogP contribution is -2.15. The van der Waals surface area contributed by atoms with Gasteiger partial charge in [-0.05, 0) is 24.1 Å². The van der Waals surface area contributed by atoms with Crippen LogP contribution in [0.3, 0.4) is 0 Å². The van der Waals surface area contributed by atoms with Crippen LogP contribution >= 0.6 is 0 Å². The molecule has 0 radical (unpaired) electrons. The summed E-state index contributed by atoms with van der Waals surface area (Å²) in [6.45, 7) is 5.27. The van der Waals surface area contributed by atoms with Crippen LogP contribution in [0.25, 0.3) is 11.3 Å². The summed E-state index contributed by atoms with van der Waals surface area (Å²) >= 11 is 0. The van der Waals surface area contributed by atoms with Gasteiger partial charge in [-0.1, -0.05) is 19.0 Å². The van der Waals surface area contributed by atoms with Crippen molar-refractivity contribution in [2.24, 2.45) is 0 Å². The Morgan fingerprint density at radius 3 is 2.63 bits per heavy atom. The lowest BCUT2D eigenvalue weighted by Gasteiger charge is -2.18. The number of hydrogen-bond acceptors (Lipinski definition) is 5. The van der Waals surface area contributed by atoms with Gasteiger partial charge in [0.05, 0.1) is 0 Å². The van der Waals surface area contributed by atoms with Crippen molar-refractivity contribution in [3.63, 3.8) is 0 Å². The van der Waals surface area contributed by atoms with Crippen molar-refractivity contribution >= 4 is 5.88 Å². The zero-order chi connectivity index (χ0) is 13.4. The summed E-state index contributed by atoms with van der Waals surface area (Å²) in [6.07, 6.45) is 0. The van der Waals surface area contributed by atoms with Gasteiger partial charge in [-0.2, -0.15) is 0 Å². The molecule has 1 aromatic heterocycles. The van der Waals surface area contributed by atoms with Crippen LogP contribution in [0, 0.1) is 0 Å². The van der Waals surface area contributed by atoms with Gasteiger partial charge in [-0.25, -0.2) is 0 Å². The van der Waals surface area contributed by atoms with Gasteiger partial charge in [0, 0.05) is 11.1 Å². The first-order valence-corrected chi connectivity index (χ1v) is 6.32. The van der Waals surface area contributed by atoms with Crippen molar-refractivity contribution in [3.8, 4) is 22.8 Å². The number of aromatic nitrogens is 1. The molecular weight excluding hydrogens is 244 g/mol. The molecule has 0 amide bonds. The molecule has 1 aliphatic rings. The minimum absolute atomic E-state index is 0.245. The summed E-state index contributed by atoms with van der Waals surface area (Å²) in [5.41, 5.74) is 8.45. The van der Waals surface area contributed by atoms with Crippen LogP contribution in [0.5, 0.6) is 11.5 Å². The first-order chi connectivity index (χ1) is 9.16. The van der Waals surface area contributed by atoms with E-state index < -0.39 is 0 Å². The summed E-state index contributed by atoms with van der Waals surface area (Å²) in [6, 6.07) is 5.74. The van der Waals surface area contributed by atoms with Gasteiger partial charge in [-0.15, -0.1) is 0 Å². The Morgan fingerprint density at radius 2 is 1.89 bits per heavy atom. The van der Waals surface area contributed by atoms with Crippen LogP contribution in [0.2, 0.25) is 0 Å². The SMILES string of the molecule is CC(C)c1c(-c2ccc3c(c2)OCCO3)noc1N. The lowest BCUT2D eigenvalue weighted by molar-refractivity contribution is 0.171. The van der Waals surface area contributed by atoms with Gasteiger partial charge in [0.15, 0.2) is 11.5 Å². The van der Waals surface area contributed by atoms with Crippen LogP contribution in [0.15, 0.2) is 22.7 Å². The van der Waals surface area contributed by atoms with E-state index in [1.165, 1.54) is 0 Å². The van der Waals surface area contributed by atoms with Gasteiger partial charge in [0.1, 0.15) is 18.9 Å². The van der Waals surface area contributed by atoms with Crippen LogP contribution in [0.1, 0.15) is 25.3 Å². The fourth-order valence-corrected chi connectivity index (χ4v) is 2.27. The highest BCUT2D eigenvalue weighted by molar-refractivity contribution is 5.70. The minimum Gasteiger partial charge on any atom is -0.486 e. The van der Waals surface area contributed by atoms with Crippen LogP contribution in [-0.2, 0) is 0 Å². The summed E-state index contributed by atoms with van der Waals surface area (Å²) < 4.78 is 16.2. The molecule has 100 valence electrons. The number of rotatable bonds is 2. The first kappa shape index (κ1) is 11.9. The molecule has 1 aliphatic heterocycles. The van der Waals surface area contributed by atoms with Gasteiger partial charge in [0.2, 0.25) is 5.88 Å². The van der Waals surface area contributed by atoms with E-state index in [4.69, 9.17) is 19.7 Å². The third-order valence-corrected chi connectivity index (χ3v) is 3.15. The molecule has 19 heavy (non-hydrogen) atoms. The Morgan fingerprint density at radius 1 is 1.16 bits per heavy atom. The second-order valence-corrected chi connectivity index (χ2v) is 4.82. The highest BCUT2D eigenvalue weighted by atomic mass is 16.6. The van der Waals surface area contributed by atoms with E-state index in [0.717, 1.165) is 28.3 Å². The molecule has 2 aromatic rings. The molecule has 0 fully saturated rings. The smallest absolute Gasteiger partial charge is 0.226 e. The maximum atomic E-state index is 5.83. The van der Waals surface area contributed by atoms with Gasteiger partial charge >= 0.3 is 0 Å². The predicted octanol–water partition coefficient (Wildman–Crippen LogP) is 2.82. The van der Waals surface area contributed by atoms with E-state index in [1.54, 1.807) is 0 Å². The van der Waals surface area contributed by atoms with Crippen LogP contribution in [0.4, 0.5) is 5.88 Å². The number of fused-ring (bicyclic) bond motifs is 1. The summed E-state index contributed by atoms with van der Waals surface area (Å²) in [5.74, 6) is 2.12. The molecule has 0 spiro atoms. The normalized spacial score (nSPS) is 13.8. The Labute approximate surface area is 111 Å². The van der Waals surface area contributed by atoms with Crippen molar-refractivity contribution in [2.75, 3.05) is 18.9 Å². The number of nitrogen functional groups attached to an aromatic ring is 1. The zero-order valence-electron chi connectivity index (χ0n) is 11.0. The molecule has 0 saturated heterocycles. The molecular formula is C14H16N2O3. The molecule has 2 N–H and O–H groups in total. The zero-order valence-corrected chi connectivity index (χ0v) is 11.0. The summed E-state index contributed by atoms with van der Waals surface area (Å²) in [5, 5.41) is 4.06. The Bertz CT molecular complexity index is 605. The maximum absolute atomic E-state index is 5.83. The third-order valence-electron chi connectivity index (χ3n) is 3.15. The number of hydrogen-bond donors (Lipinski definition) is 1. The average Bonchev–Trinajstić information content (AvgIpc) is 2.80. The Hall–Kier alpha value is -2.17. The van der Waals surface area contributed by atoms with E-state index in [1.807, 2.05) is 18.2 Å². The number of ether oxygens (including phenoxy) is 2. The number of benzene rings is 1. The van der Waals surface area contributed by atoms with Crippen LogP contribution < -0.4 is 15.2 Å². The highest BCUT2D eigenvalue weighted by Gasteiger charge is 2.20. The average molecular weight is 260 g/mol. The fraction of sp³-hybridized carbons (Fsp3) is 0.357. The molecule has 5 heteroatoms. The maximum Gasteiger partial charge on any atom is 0.226 e. The largest absolute Gasteiger partial charge is 0.486 e. The second kappa shape index (κ2) is 4.50. The van der Waals surface area contributed by atoms with Crippen molar-refractivity contribution in [1.29, 1.82) is 0 Å². The molecule has 5 nitrogen and oxygen atoms in total. The third kappa shape index (κ3) is 2.01. The number of nitrogens with zero attached hydrogens (tertiary/aromatic N) is 1. The molecule has 0 unspecified atom stereocenters. The molecule has 0 saturated carbocycles. The molecule has 3 rings (SSSR count). The highest BCUT2D eigenvalue weighted by Crippen LogP contribution is 2.38. The second-order valence-electron chi connectivity index (χ2n) is 4.82. The quantitative estimate of drug-likeness (QED) is 0.899. The molecule has 1 aromatic carbocycles. The number of anilines is 1. The summed E-state index contributed by atoms with van der Waals surface area (Å²) in [4.78, 5) is 0.